The number of ether oxygens (including phenoxy) is 1. The zero-order valence-electron chi connectivity index (χ0n) is 17.1. The minimum Gasteiger partial charge on any atom is -0.474 e. The van der Waals surface area contributed by atoms with E-state index in [0.29, 0.717) is 12.6 Å². The van der Waals surface area contributed by atoms with E-state index in [1.165, 1.54) is 12.8 Å². The standard InChI is InChI=1S/C22H30N4O2/c1-22(2,3)21-24-18-10-11-26(14-17(18)20(27)25-21)13-15-8-9-19(23-12-15)28-16-6-4-5-7-16/h8-9,12,16H,4-7,10-11,13-14H2,1-3H3,(H,24,25,27). The van der Waals surface area contributed by atoms with Crippen LogP contribution in [0.15, 0.2) is 23.1 Å². The smallest absolute Gasteiger partial charge is 0.255 e. The molecule has 28 heavy (non-hydrogen) atoms. The van der Waals surface area contributed by atoms with E-state index in [-0.39, 0.29) is 11.0 Å². The van der Waals surface area contributed by atoms with Crippen molar-refractivity contribution in [2.75, 3.05) is 6.54 Å². The molecule has 1 aliphatic carbocycles. The van der Waals surface area contributed by atoms with Gasteiger partial charge < -0.3 is 9.72 Å². The van der Waals surface area contributed by atoms with Crippen LogP contribution in [-0.4, -0.2) is 32.5 Å². The Hall–Kier alpha value is -2.21. The fraction of sp³-hybridized carbons (Fsp3) is 0.591. The highest BCUT2D eigenvalue weighted by molar-refractivity contribution is 5.24. The van der Waals surface area contributed by atoms with Crippen LogP contribution in [0, 0.1) is 0 Å². The van der Waals surface area contributed by atoms with Gasteiger partial charge in [0.25, 0.3) is 5.56 Å². The molecule has 1 saturated carbocycles. The average molecular weight is 383 g/mol. The van der Waals surface area contributed by atoms with Gasteiger partial charge in [-0.25, -0.2) is 9.97 Å². The van der Waals surface area contributed by atoms with E-state index in [1.54, 1.807) is 0 Å². The third kappa shape index (κ3) is 4.27. The fourth-order valence-corrected chi connectivity index (χ4v) is 3.98. The predicted octanol–water partition coefficient (Wildman–Crippen LogP) is 3.34. The Kier molecular flexibility index (Phi) is 5.23. The second kappa shape index (κ2) is 7.66. The Morgan fingerprint density at radius 2 is 2.04 bits per heavy atom. The summed E-state index contributed by atoms with van der Waals surface area (Å²) in [6.07, 6.45) is 7.80. The van der Waals surface area contributed by atoms with Crippen molar-refractivity contribution in [2.24, 2.45) is 0 Å². The number of nitrogens with one attached hydrogen (secondary N) is 1. The molecule has 0 spiro atoms. The van der Waals surface area contributed by atoms with Gasteiger partial charge >= 0.3 is 0 Å². The van der Waals surface area contributed by atoms with E-state index in [1.807, 2.05) is 12.3 Å². The molecule has 0 aromatic carbocycles. The molecular weight excluding hydrogens is 352 g/mol. The van der Waals surface area contributed by atoms with Crippen LogP contribution in [0.4, 0.5) is 0 Å². The fourth-order valence-electron chi connectivity index (χ4n) is 3.98. The largest absolute Gasteiger partial charge is 0.474 e. The second-order valence-corrected chi connectivity index (χ2v) is 9.08. The van der Waals surface area contributed by atoms with Crippen molar-refractivity contribution in [1.82, 2.24) is 19.9 Å². The highest BCUT2D eigenvalue weighted by Crippen LogP contribution is 2.24. The van der Waals surface area contributed by atoms with Gasteiger partial charge in [0.2, 0.25) is 5.88 Å². The quantitative estimate of drug-likeness (QED) is 0.878. The summed E-state index contributed by atoms with van der Waals surface area (Å²) >= 11 is 0. The van der Waals surface area contributed by atoms with Crippen molar-refractivity contribution < 1.29 is 4.74 Å². The molecule has 1 fully saturated rings. The summed E-state index contributed by atoms with van der Waals surface area (Å²) in [4.78, 5) is 27.1. The summed E-state index contributed by atoms with van der Waals surface area (Å²) in [7, 11) is 0. The van der Waals surface area contributed by atoms with Gasteiger partial charge in [-0.15, -0.1) is 0 Å². The van der Waals surface area contributed by atoms with E-state index >= 15 is 0 Å². The van der Waals surface area contributed by atoms with E-state index in [9.17, 15) is 4.79 Å². The van der Waals surface area contributed by atoms with Crippen LogP contribution in [-0.2, 0) is 24.9 Å². The molecule has 0 radical (unpaired) electrons. The van der Waals surface area contributed by atoms with Crippen molar-refractivity contribution in [1.29, 1.82) is 0 Å². The summed E-state index contributed by atoms with van der Waals surface area (Å²) < 4.78 is 5.94. The van der Waals surface area contributed by atoms with E-state index in [4.69, 9.17) is 9.72 Å². The molecule has 150 valence electrons. The topological polar surface area (TPSA) is 71.1 Å². The summed E-state index contributed by atoms with van der Waals surface area (Å²) in [5, 5.41) is 0. The van der Waals surface area contributed by atoms with Crippen LogP contribution in [0.1, 0.15) is 69.1 Å². The lowest BCUT2D eigenvalue weighted by molar-refractivity contribution is 0.201. The molecule has 0 bridgehead atoms. The van der Waals surface area contributed by atoms with Gasteiger partial charge in [-0.05, 0) is 31.2 Å². The van der Waals surface area contributed by atoms with Crippen LogP contribution >= 0.6 is 0 Å². The Labute approximate surface area is 166 Å². The molecule has 2 aromatic rings. The summed E-state index contributed by atoms with van der Waals surface area (Å²) in [5.74, 6) is 1.49. The maximum Gasteiger partial charge on any atom is 0.255 e. The number of pyridine rings is 1. The van der Waals surface area contributed by atoms with Gasteiger partial charge in [0.15, 0.2) is 0 Å². The Morgan fingerprint density at radius 1 is 1.25 bits per heavy atom. The first-order chi connectivity index (χ1) is 13.4. The Morgan fingerprint density at radius 3 is 2.71 bits per heavy atom. The van der Waals surface area contributed by atoms with Crippen molar-refractivity contribution in [3.8, 4) is 5.88 Å². The van der Waals surface area contributed by atoms with Crippen LogP contribution in [0.5, 0.6) is 5.88 Å². The number of aromatic amines is 1. The summed E-state index contributed by atoms with van der Waals surface area (Å²) in [5.41, 5.74) is 2.73. The molecule has 1 aliphatic heterocycles. The number of hydrogen-bond acceptors (Lipinski definition) is 5. The number of H-pyrrole nitrogens is 1. The molecule has 0 amide bonds. The SMILES string of the molecule is CC(C)(C)c1nc2c(c(=O)[nH]1)CN(Cc1ccc(OC3CCCC3)nc1)CC2. The van der Waals surface area contributed by atoms with E-state index in [2.05, 4.69) is 41.7 Å². The highest BCUT2D eigenvalue weighted by Gasteiger charge is 2.25. The van der Waals surface area contributed by atoms with Crippen molar-refractivity contribution in [3.63, 3.8) is 0 Å². The lowest BCUT2D eigenvalue weighted by Gasteiger charge is -2.29. The van der Waals surface area contributed by atoms with Gasteiger partial charge in [0.05, 0.1) is 11.3 Å². The van der Waals surface area contributed by atoms with Gasteiger partial charge in [-0.3, -0.25) is 9.69 Å². The zero-order valence-corrected chi connectivity index (χ0v) is 17.1. The van der Waals surface area contributed by atoms with Crippen LogP contribution < -0.4 is 10.3 Å². The zero-order chi connectivity index (χ0) is 19.7. The lowest BCUT2D eigenvalue weighted by Crippen LogP contribution is -2.37. The normalized spacial score (nSPS) is 18.2. The highest BCUT2D eigenvalue weighted by atomic mass is 16.5. The molecule has 0 saturated heterocycles. The van der Waals surface area contributed by atoms with Crippen LogP contribution in [0.2, 0.25) is 0 Å². The molecular formula is C22H30N4O2. The van der Waals surface area contributed by atoms with Crippen molar-refractivity contribution >= 4 is 0 Å². The van der Waals surface area contributed by atoms with Gasteiger partial charge in [-0.1, -0.05) is 26.8 Å². The minimum atomic E-state index is -0.153. The maximum atomic E-state index is 12.6. The average Bonchev–Trinajstić information content (AvgIpc) is 3.16. The number of hydrogen-bond donors (Lipinski definition) is 1. The predicted molar refractivity (Wildman–Crippen MR) is 108 cm³/mol. The molecule has 0 unspecified atom stereocenters. The third-order valence-corrected chi connectivity index (χ3v) is 5.65. The summed E-state index contributed by atoms with van der Waals surface area (Å²) in [6.45, 7) is 8.51. The molecule has 6 nitrogen and oxygen atoms in total. The number of aromatic nitrogens is 3. The molecule has 3 heterocycles. The minimum absolute atomic E-state index is 0.00179. The van der Waals surface area contributed by atoms with Crippen molar-refractivity contribution in [3.05, 3.63) is 51.3 Å². The molecule has 2 aliphatic rings. The Bertz CT molecular complexity index is 877. The lowest BCUT2D eigenvalue weighted by atomic mass is 9.95. The molecule has 1 N–H and O–H groups in total. The Balaban J connectivity index is 1.41. The number of rotatable bonds is 4. The monoisotopic (exact) mass is 382 g/mol. The molecule has 4 rings (SSSR count). The molecule has 6 heteroatoms. The van der Waals surface area contributed by atoms with Gasteiger partial charge in [0, 0.05) is 43.7 Å². The summed E-state index contributed by atoms with van der Waals surface area (Å²) in [6, 6.07) is 4.05. The van der Waals surface area contributed by atoms with Gasteiger partial charge in [0.1, 0.15) is 11.9 Å². The maximum absolute atomic E-state index is 12.6. The van der Waals surface area contributed by atoms with E-state index in [0.717, 1.165) is 60.9 Å². The first kappa shape index (κ1) is 19.1. The van der Waals surface area contributed by atoms with E-state index < -0.39 is 0 Å². The van der Waals surface area contributed by atoms with Crippen LogP contribution in [0.3, 0.4) is 0 Å². The number of fused-ring (bicyclic) bond motifs is 1. The number of nitrogens with zero attached hydrogens (tertiary/aromatic N) is 3. The second-order valence-electron chi connectivity index (χ2n) is 9.08. The molecule has 2 aromatic heterocycles. The van der Waals surface area contributed by atoms with Crippen molar-refractivity contribution in [2.45, 2.75) is 77.5 Å². The van der Waals surface area contributed by atoms with Crippen LogP contribution in [0.25, 0.3) is 0 Å². The molecule has 0 atom stereocenters. The third-order valence-electron chi connectivity index (χ3n) is 5.65. The first-order valence-electron chi connectivity index (χ1n) is 10.3. The van der Waals surface area contributed by atoms with Gasteiger partial charge in [-0.2, -0.15) is 0 Å². The first-order valence-corrected chi connectivity index (χ1v) is 10.3.